The molecule has 1 aromatic heterocycles. The maximum Gasteiger partial charge on any atom is 0.161 e. The largest absolute Gasteiger partial charge is 0.507 e. The number of aromatic hydroxyl groups is 1. The van der Waals surface area contributed by atoms with Crippen molar-refractivity contribution >= 4 is 21.7 Å². The van der Waals surface area contributed by atoms with Gasteiger partial charge in [0.25, 0.3) is 0 Å². The number of phenolic OH excluding ortho intramolecular Hbond substituents is 1. The summed E-state index contributed by atoms with van der Waals surface area (Å²) in [5, 5.41) is 9.85. The summed E-state index contributed by atoms with van der Waals surface area (Å²) in [6, 6.07) is 3.74. The number of halogens is 1. The van der Waals surface area contributed by atoms with Gasteiger partial charge in [-0.1, -0.05) is 13.8 Å². The maximum absolute atomic E-state index is 9.85. The second-order valence-electron chi connectivity index (χ2n) is 5.25. The lowest BCUT2D eigenvalue weighted by atomic mass is 10.0. The Morgan fingerprint density at radius 2 is 1.70 bits per heavy atom. The molecule has 4 nitrogen and oxygen atoms in total. The maximum atomic E-state index is 9.85. The van der Waals surface area contributed by atoms with Crippen molar-refractivity contribution in [2.45, 2.75) is 33.6 Å². The van der Waals surface area contributed by atoms with Crippen molar-refractivity contribution in [3.8, 4) is 17.1 Å². The SMILES string of the molecule is Cc1cc(-c2nc(N)c(Br)c(C(C)C)n2)cc(C)c1O. The molecule has 1 aromatic carbocycles. The summed E-state index contributed by atoms with van der Waals surface area (Å²) >= 11 is 3.44. The first-order chi connectivity index (χ1) is 9.31. The van der Waals surface area contributed by atoms with Crippen LogP contribution in [-0.4, -0.2) is 15.1 Å². The summed E-state index contributed by atoms with van der Waals surface area (Å²) in [4.78, 5) is 8.93. The molecule has 0 amide bonds. The monoisotopic (exact) mass is 335 g/mol. The van der Waals surface area contributed by atoms with Gasteiger partial charge < -0.3 is 10.8 Å². The molecule has 0 unspecified atom stereocenters. The van der Waals surface area contributed by atoms with Gasteiger partial charge in [0.05, 0.1) is 10.2 Å². The van der Waals surface area contributed by atoms with Gasteiger partial charge in [-0.25, -0.2) is 9.97 Å². The van der Waals surface area contributed by atoms with Crippen LogP contribution in [-0.2, 0) is 0 Å². The van der Waals surface area contributed by atoms with E-state index in [1.807, 2.05) is 26.0 Å². The van der Waals surface area contributed by atoms with E-state index in [2.05, 4.69) is 39.7 Å². The van der Waals surface area contributed by atoms with E-state index in [1.165, 1.54) is 0 Å². The van der Waals surface area contributed by atoms with Gasteiger partial charge in [0.15, 0.2) is 5.82 Å². The topological polar surface area (TPSA) is 72.0 Å². The number of hydrogen-bond donors (Lipinski definition) is 2. The standard InChI is InChI=1S/C15H18BrN3O/c1-7(2)12-11(16)14(17)19-15(18-12)10-5-8(3)13(20)9(4)6-10/h5-7,20H,1-4H3,(H2,17,18,19). The van der Waals surface area contributed by atoms with E-state index in [0.29, 0.717) is 17.4 Å². The molecule has 0 bridgehead atoms. The van der Waals surface area contributed by atoms with E-state index in [0.717, 1.165) is 26.9 Å². The van der Waals surface area contributed by atoms with Crippen molar-refractivity contribution in [2.24, 2.45) is 0 Å². The predicted octanol–water partition coefficient (Wildman–Crippen LogP) is 3.93. The second-order valence-corrected chi connectivity index (χ2v) is 6.04. The molecule has 0 saturated carbocycles. The molecule has 2 rings (SSSR count). The van der Waals surface area contributed by atoms with E-state index in [4.69, 9.17) is 5.73 Å². The number of anilines is 1. The normalized spacial score (nSPS) is 11.1. The predicted molar refractivity (Wildman–Crippen MR) is 84.8 cm³/mol. The Morgan fingerprint density at radius 1 is 1.15 bits per heavy atom. The molecule has 0 spiro atoms. The number of hydrogen-bond acceptors (Lipinski definition) is 4. The molecule has 0 saturated heterocycles. The minimum atomic E-state index is 0.243. The highest BCUT2D eigenvalue weighted by Crippen LogP contribution is 2.32. The van der Waals surface area contributed by atoms with Gasteiger partial charge in [-0.3, -0.25) is 0 Å². The molecule has 0 aliphatic carbocycles. The first-order valence-electron chi connectivity index (χ1n) is 6.44. The lowest BCUT2D eigenvalue weighted by molar-refractivity contribution is 0.467. The van der Waals surface area contributed by atoms with Crippen LogP contribution in [0.2, 0.25) is 0 Å². The molecule has 106 valence electrons. The minimum Gasteiger partial charge on any atom is -0.507 e. The Morgan fingerprint density at radius 3 is 2.20 bits per heavy atom. The Bertz CT molecular complexity index is 645. The van der Waals surface area contributed by atoms with Crippen LogP contribution in [0.3, 0.4) is 0 Å². The molecule has 0 radical (unpaired) electrons. The van der Waals surface area contributed by atoms with E-state index in [-0.39, 0.29) is 5.92 Å². The third kappa shape index (κ3) is 2.63. The van der Waals surface area contributed by atoms with Gasteiger partial charge in [-0.2, -0.15) is 0 Å². The summed E-state index contributed by atoms with van der Waals surface area (Å²) in [7, 11) is 0. The minimum absolute atomic E-state index is 0.243. The van der Waals surface area contributed by atoms with Crippen molar-refractivity contribution in [3.05, 3.63) is 33.4 Å². The zero-order chi connectivity index (χ0) is 15.0. The van der Waals surface area contributed by atoms with Crippen molar-refractivity contribution in [1.29, 1.82) is 0 Å². The highest BCUT2D eigenvalue weighted by molar-refractivity contribution is 9.10. The van der Waals surface area contributed by atoms with Crippen LogP contribution in [0.15, 0.2) is 16.6 Å². The van der Waals surface area contributed by atoms with Gasteiger partial charge in [-0.15, -0.1) is 0 Å². The van der Waals surface area contributed by atoms with Crippen molar-refractivity contribution in [1.82, 2.24) is 9.97 Å². The zero-order valence-electron chi connectivity index (χ0n) is 12.0. The van der Waals surface area contributed by atoms with Gasteiger partial charge in [0, 0.05) is 5.56 Å². The molecule has 20 heavy (non-hydrogen) atoms. The molecule has 0 atom stereocenters. The average molecular weight is 336 g/mol. The Balaban J connectivity index is 2.64. The Kier molecular flexibility index (Phi) is 3.99. The fourth-order valence-corrected chi connectivity index (χ4v) is 2.71. The second kappa shape index (κ2) is 5.40. The van der Waals surface area contributed by atoms with Crippen LogP contribution in [0.5, 0.6) is 5.75 Å². The van der Waals surface area contributed by atoms with Crippen molar-refractivity contribution < 1.29 is 5.11 Å². The van der Waals surface area contributed by atoms with Crippen molar-refractivity contribution in [2.75, 3.05) is 5.73 Å². The molecular weight excluding hydrogens is 318 g/mol. The summed E-state index contributed by atoms with van der Waals surface area (Å²) < 4.78 is 0.753. The molecule has 0 aliphatic heterocycles. The summed E-state index contributed by atoms with van der Waals surface area (Å²) in [5.41, 5.74) is 9.30. The number of phenols is 1. The van der Waals surface area contributed by atoms with Crippen LogP contribution in [0.25, 0.3) is 11.4 Å². The molecule has 5 heteroatoms. The first-order valence-corrected chi connectivity index (χ1v) is 7.24. The summed E-state index contributed by atoms with van der Waals surface area (Å²) in [6.07, 6.45) is 0. The van der Waals surface area contributed by atoms with Gasteiger partial charge in [0.1, 0.15) is 11.6 Å². The molecule has 1 heterocycles. The quantitative estimate of drug-likeness (QED) is 0.871. The number of nitrogens with zero attached hydrogens (tertiary/aromatic N) is 2. The number of aromatic nitrogens is 2. The Labute approximate surface area is 127 Å². The molecular formula is C15H18BrN3O. The van der Waals surface area contributed by atoms with E-state index in [1.54, 1.807) is 0 Å². The molecule has 0 aliphatic rings. The lowest BCUT2D eigenvalue weighted by Gasteiger charge is -2.13. The third-order valence-electron chi connectivity index (χ3n) is 3.20. The van der Waals surface area contributed by atoms with Gasteiger partial charge >= 0.3 is 0 Å². The highest BCUT2D eigenvalue weighted by atomic mass is 79.9. The zero-order valence-corrected chi connectivity index (χ0v) is 13.6. The summed E-state index contributed by atoms with van der Waals surface area (Å²) in [6.45, 7) is 7.84. The van der Waals surface area contributed by atoms with Crippen LogP contribution in [0, 0.1) is 13.8 Å². The van der Waals surface area contributed by atoms with Gasteiger partial charge in [0.2, 0.25) is 0 Å². The first kappa shape index (κ1) is 14.8. The summed E-state index contributed by atoms with van der Waals surface area (Å²) in [5.74, 6) is 1.57. The molecule has 0 fully saturated rings. The number of nitrogens with two attached hydrogens (primary N) is 1. The molecule has 2 aromatic rings. The van der Waals surface area contributed by atoms with E-state index < -0.39 is 0 Å². The smallest absolute Gasteiger partial charge is 0.161 e. The van der Waals surface area contributed by atoms with E-state index >= 15 is 0 Å². The fraction of sp³-hybridized carbons (Fsp3) is 0.333. The number of benzene rings is 1. The van der Waals surface area contributed by atoms with Crippen LogP contribution < -0.4 is 5.73 Å². The van der Waals surface area contributed by atoms with Gasteiger partial charge in [-0.05, 0) is 59.0 Å². The number of rotatable bonds is 2. The highest BCUT2D eigenvalue weighted by Gasteiger charge is 2.15. The van der Waals surface area contributed by atoms with E-state index in [9.17, 15) is 5.11 Å². The number of nitrogen functional groups attached to an aromatic ring is 1. The fourth-order valence-electron chi connectivity index (χ4n) is 2.08. The lowest BCUT2D eigenvalue weighted by Crippen LogP contribution is -2.04. The third-order valence-corrected chi connectivity index (χ3v) is 4.01. The number of aryl methyl sites for hydroxylation is 2. The van der Waals surface area contributed by atoms with Crippen LogP contribution in [0.4, 0.5) is 5.82 Å². The average Bonchev–Trinajstić information content (AvgIpc) is 2.38. The van der Waals surface area contributed by atoms with Crippen molar-refractivity contribution in [3.63, 3.8) is 0 Å². The van der Waals surface area contributed by atoms with Crippen LogP contribution in [0.1, 0.15) is 36.6 Å². The Hall–Kier alpha value is -1.62. The van der Waals surface area contributed by atoms with Crippen LogP contribution >= 0.6 is 15.9 Å². The molecule has 3 N–H and O–H groups in total.